The molecule has 0 rings (SSSR count). The number of unbranched alkanes of at least 4 members (excludes halogenated alkanes) is 1. The van der Waals surface area contributed by atoms with E-state index in [1.54, 1.807) is 0 Å². The van der Waals surface area contributed by atoms with Crippen molar-refractivity contribution in [3.8, 4) is 0 Å². The fraction of sp³-hybridized carbons (Fsp3) is 0.920. The van der Waals surface area contributed by atoms with Crippen molar-refractivity contribution in [2.75, 3.05) is 53.4 Å². The van der Waals surface area contributed by atoms with E-state index in [1.807, 2.05) is 7.05 Å². The summed E-state index contributed by atoms with van der Waals surface area (Å²) in [5.41, 5.74) is -0.550. The van der Waals surface area contributed by atoms with E-state index >= 15 is 0 Å². The van der Waals surface area contributed by atoms with Gasteiger partial charge in [0.15, 0.2) is 5.78 Å². The van der Waals surface area contributed by atoms with Gasteiger partial charge in [0, 0.05) is 13.0 Å². The van der Waals surface area contributed by atoms with Gasteiger partial charge in [0.05, 0.1) is 11.6 Å². The van der Waals surface area contributed by atoms with Crippen molar-refractivity contribution >= 4 is 11.7 Å². The predicted octanol–water partition coefficient (Wildman–Crippen LogP) is 2.70. The third-order valence-electron chi connectivity index (χ3n) is 6.10. The number of nitrogens with one attached hydrogen (secondary N) is 4. The van der Waals surface area contributed by atoms with Gasteiger partial charge in [-0.05, 0) is 85.3 Å². The van der Waals surface area contributed by atoms with Crippen molar-refractivity contribution in [3.05, 3.63) is 0 Å². The minimum atomic E-state index is -0.550. The van der Waals surface area contributed by atoms with Gasteiger partial charge in [-0.3, -0.25) is 9.59 Å². The summed E-state index contributed by atoms with van der Waals surface area (Å²) in [4.78, 5) is 28.6. The lowest BCUT2D eigenvalue weighted by Crippen LogP contribution is -2.59. The molecule has 0 aromatic rings. The maximum Gasteiger partial charge on any atom is 0.222 e. The monoisotopic (exact) mass is 455 g/mol. The Morgan fingerprint density at radius 3 is 2.12 bits per heavy atom. The highest BCUT2D eigenvalue weighted by Gasteiger charge is 2.39. The van der Waals surface area contributed by atoms with Crippen molar-refractivity contribution in [2.24, 2.45) is 0 Å². The van der Waals surface area contributed by atoms with Crippen LogP contribution in [0, 0.1) is 0 Å². The molecule has 0 saturated carbocycles. The van der Waals surface area contributed by atoms with Crippen molar-refractivity contribution in [1.29, 1.82) is 0 Å². The van der Waals surface area contributed by atoms with Gasteiger partial charge in [0.2, 0.25) is 5.91 Å². The molecule has 0 aliphatic rings. The van der Waals surface area contributed by atoms with Crippen LogP contribution in [0.5, 0.6) is 0 Å². The van der Waals surface area contributed by atoms with E-state index in [2.05, 4.69) is 60.9 Å². The summed E-state index contributed by atoms with van der Waals surface area (Å²) in [6, 6.07) is -0.445. The topological polar surface area (TPSA) is 85.5 Å². The maximum absolute atomic E-state index is 13.6. The zero-order valence-electron chi connectivity index (χ0n) is 21.9. The van der Waals surface area contributed by atoms with E-state index in [-0.39, 0.29) is 18.1 Å². The maximum atomic E-state index is 13.6. The van der Waals surface area contributed by atoms with Crippen LogP contribution in [0.2, 0.25) is 0 Å². The van der Waals surface area contributed by atoms with E-state index < -0.39 is 11.6 Å². The van der Waals surface area contributed by atoms with Gasteiger partial charge in [0.1, 0.15) is 0 Å². The number of carbonyl (C=O) groups excluding carboxylic acids is 2. The van der Waals surface area contributed by atoms with Crippen LogP contribution < -0.4 is 21.3 Å². The molecule has 0 bridgehead atoms. The first-order chi connectivity index (χ1) is 15.4. The molecule has 0 saturated heterocycles. The predicted molar refractivity (Wildman–Crippen MR) is 136 cm³/mol. The molecule has 0 aromatic heterocycles. The number of hydrogen-bond donors (Lipinski definition) is 4. The summed E-state index contributed by atoms with van der Waals surface area (Å²) in [5.74, 6) is 0.102. The van der Waals surface area contributed by atoms with Crippen molar-refractivity contribution in [1.82, 2.24) is 26.2 Å². The molecule has 32 heavy (non-hydrogen) atoms. The van der Waals surface area contributed by atoms with E-state index in [0.717, 1.165) is 84.1 Å². The zero-order chi connectivity index (χ0) is 24.2. The summed E-state index contributed by atoms with van der Waals surface area (Å²) in [7, 11) is 4.08. The molecule has 2 unspecified atom stereocenters. The molecular weight excluding hydrogens is 402 g/mol. The first-order valence-electron chi connectivity index (χ1n) is 13.0. The van der Waals surface area contributed by atoms with Crippen LogP contribution in [0.4, 0.5) is 0 Å². The second kappa shape index (κ2) is 19.4. The normalized spacial score (nSPS) is 14.3. The Kier molecular flexibility index (Phi) is 18.8. The minimum absolute atomic E-state index is 0.0418. The molecule has 0 aliphatic carbocycles. The molecule has 7 heteroatoms. The van der Waals surface area contributed by atoms with Crippen LogP contribution in [-0.2, 0) is 9.59 Å². The summed E-state index contributed by atoms with van der Waals surface area (Å²) in [5, 5.41) is 13.1. The van der Waals surface area contributed by atoms with Crippen molar-refractivity contribution in [3.63, 3.8) is 0 Å². The summed E-state index contributed by atoms with van der Waals surface area (Å²) < 4.78 is 0. The Bertz CT molecular complexity index is 489. The molecule has 0 radical (unpaired) electrons. The van der Waals surface area contributed by atoms with Crippen LogP contribution in [0.1, 0.15) is 85.5 Å². The standard InChI is InChI=1S/C25H53N5O2/c1-7-11-18-29-25(10-4,14-8-2)24(32)22(27-15-9-3)21-23(31)28-17-13-20-30(6)19-12-16-26-5/h22,26-27,29H,7-21H2,1-6H3,(H,28,31). The smallest absolute Gasteiger partial charge is 0.222 e. The quantitative estimate of drug-likeness (QED) is 0.188. The van der Waals surface area contributed by atoms with Gasteiger partial charge >= 0.3 is 0 Å². The zero-order valence-corrected chi connectivity index (χ0v) is 21.9. The van der Waals surface area contributed by atoms with E-state index in [9.17, 15) is 9.59 Å². The van der Waals surface area contributed by atoms with Crippen molar-refractivity contribution in [2.45, 2.75) is 97.1 Å². The highest BCUT2D eigenvalue weighted by Crippen LogP contribution is 2.22. The van der Waals surface area contributed by atoms with Crippen LogP contribution >= 0.6 is 0 Å². The highest BCUT2D eigenvalue weighted by atomic mass is 16.2. The van der Waals surface area contributed by atoms with E-state index in [0.29, 0.717) is 6.54 Å². The number of carbonyl (C=O) groups is 2. The largest absolute Gasteiger partial charge is 0.356 e. The summed E-state index contributed by atoms with van der Waals surface area (Å²) >= 11 is 0. The Hall–Kier alpha value is -1.02. The van der Waals surface area contributed by atoms with Gasteiger partial charge in [-0.15, -0.1) is 0 Å². The third kappa shape index (κ3) is 12.9. The van der Waals surface area contributed by atoms with Gasteiger partial charge in [-0.25, -0.2) is 0 Å². The highest BCUT2D eigenvalue weighted by molar-refractivity contribution is 5.96. The van der Waals surface area contributed by atoms with Gasteiger partial charge in [0.25, 0.3) is 0 Å². The fourth-order valence-electron chi connectivity index (χ4n) is 4.09. The minimum Gasteiger partial charge on any atom is -0.356 e. The number of amides is 1. The molecule has 1 amide bonds. The molecule has 0 aliphatic heterocycles. The Morgan fingerprint density at radius 1 is 0.875 bits per heavy atom. The van der Waals surface area contributed by atoms with Gasteiger partial charge in [-0.1, -0.05) is 40.5 Å². The van der Waals surface area contributed by atoms with Gasteiger partial charge in [-0.2, -0.15) is 0 Å². The molecule has 0 heterocycles. The number of Topliss-reactive ketones (excluding diaryl/α,β-unsaturated/α-hetero) is 1. The average Bonchev–Trinajstić information content (AvgIpc) is 2.78. The lowest BCUT2D eigenvalue weighted by molar-refractivity contribution is -0.131. The van der Waals surface area contributed by atoms with Crippen molar-refractivity contribution < 1.29 is 9.59 Å². The molecule has 0 fully saturated rings. The molecule has 7 nitrogen and oxygen atoms in total. The van der Waals surface area contributed by atoms with Gasteiger partial charge < -0.3 is 26.2 Å². The molecule has 190 valence electrons. The Morgan fingerprint density at radius 2 is 1.56 bits per heavy atom. The lowest BCUT2D eigenvalue weighted by Gasteiger charge is -2.36. The van der Waals surface area contributed by atoms with Crippen LogP contribution in [0.25, 0.3) is 0 Å². The first-order valence-corrected chi connectivity index (χ1v) is 13.0. The molecular formula is C25H53N5O2. The van der Waals surface area contributed by atoms with Crippen LogP contribution in [0.3, 0.4) is 0 Å². The fourth-order valence-corrected chi connectivity index (χ4v) is 4.09. The van der Waals surface area contributed by atoms with Crippen LogP contribution in [-0.4, -0.2) is 81.5 Å². The molecule has 0 aromatic carbocycles. The second-order valence-electron chi connectivity index (χ2n) is 9.00. The Balaban J connectivity index is 4.85. The van der Waals surface area contributed by atoms with Crippen LogP contribution in [0.15, 0.2) is 0 Å². The molecule has 2 atom stereocenters. The first kappa shape index (κ1) is 31.0. The number of nitrogens with zero attached hydrogens (tertiary/aromatic N) is 1. The molecule has 4 N–H and O–H groups in total. The average molecular weight is 456 g/mol. The number of rotatable bonds is 22. The summed E-state index contributed by atoms with van der Waals surface area (Å²) in [6.45, 7) is 13.7. The van der Waals surface area contributed by atoms with E-state index in [1.165, 1.54) is 0 Å². The SMILES string of the molecule is CCCCNC(CC)(CCC)C(=O)C(CC(=O)NCCCN(C)CCCNC)NCCC. The Labute approximate surface area is 198 Å². The molecule has 0 spiro atoms. The number of hydrogen-bond acceptors (Lipinski definition) is 6. The van der Waals surface area contributed by atoms with E-state index in [4.69, 9.17) is 0 Å². The second-order valence-corrected chi connectivity index (χ2v) is 9.00. The lowest BCUT2D eigenvalue weighted by atomic mass is 9.81. The third-order valence-corrected chi connectivity index (χ3v) is 6.10. The number of ketones is 1. The summed E-state index contributed by atoms with van der Waals surface area (Å²) in [6.07, 6.45) is 7.80.